The fourth-order valence-electron chi connectivity index (χ4n) is 2.61. The Morgan fingerprint density at radius 1 is 1.21 bits per heavy atom. The maximum atomic E-state index is 11.4. The number of ether oxygens (including phenoxy) is 2. The van der Waals surface area contributed by atoms with E-state index in [1.807, 2.05) is 6.08 Å². The van der Waals surface area contributed by atoms with Crippen molar-refractivity contribution < 1.29 is 14.3 Å². The van der Waals surface area contributed by atoms with Gasteiger partial charge in [0.1, 0.15) is 6.10 Å². The molecule has 0 aromatic carbocycles. The van der Waals surface area contributed by atoms with Gasteiger partial charge in [-0.2, -0.15) is 0 Å². The average molecular weight is 194 g/mol. The van der Waals surface area contributed by atoms with Crippen molar-refractivity contribution in [3.63, 3.8) is 0 Å². The Kier molecular flexibility index (Phi) is 1.79. The zero-order chi connectivity index (χ0) is 9.60. The molecule has 3 nitrogen and oxygen atoms in total. The van der Waals surface area contributed by atoms with Crippen molar-refractivity contribution in [1.29, 1.82) is 0 Å². The van der Waals surface area contributed by atoms with Gasteiger partial charge in [0.2, 0.25) is 0 Å². The first-order valence-corrected chi connectivity index (χ1v) is 5.37. The van der Waals surface area contributed by atoms with E-state index in [4.69, 9.17) is 9.47 Å². The summed E-state index contributed by atoms with van der Waals surface area (Å²) in [5.74, 6) is -0.356. The highest BCUT2D eigenvalue weighted by Gasteiger charge is 2.51. The molecule has 2 fully saturated rings. The van der Waals surface area contributed by atoms with E-state index in [1.54, 1.807) is 6.08 Å². The monoisotopic (exact) mass is 194 g/mol. The number of carbonyl (C=O) groups is 1. The standard InChI is InChI=1S/C11H14O3/c12-8-4-5-9-10(8)14-11(13-9)6-2-1-3-7-11/h4-5,9-10H,1-3,6-7H2. The van der Waals surface area contributed by atoms with Gasteiger partial charge in [-0.15, -0.1) is 0 Å². The number of rotatable bonds is 0. The van der Waals surface area contributed by atoms with Crippen LogP contribution in [-0.2, 0) is 14.3 Å². The Hall–Kier alpha value is -0.670. The number of hydrogen-bond acceptors (Lipinski definition) is 3. The first-order chi connectivity index (χ1) is 6.79. The summed E-state index contributed by atoms with van der Waals surface area (Å²) in [7, 11) is 0. The molecule has 76 valence electrons. The summed E-state index contributed by atoms with van der Waals surface area (Å²) in [5.41, 5.74) is 0. The molecular formula is C11H14O3. The molecule has 3 aliphatic rings. The van der Waals surface area contributed by atoms with E-state index in [1.165, 1.54) is 6.42 Å². The molecule has 3 rings (SSSR count). The van der Waals surface area contributed by atoms with Crippen LogP contribution < -0.4 is 0 Å². The van der Waals surface area contributed by atoms with Crippen LogP contribution in [0.3, 0.4) is 0 Å². The Bertz CT molecular complexity index is 289. The normalized spacial score (nSPS) is 39.3. The van der Waals surface area contributed by atoms with Gasteiger partial charge >= 0.3 is 0 Å². The fourth-order valence-corrected chi connectivity index (χ4v) is 2.61. The van der Waals surface area contributed by atoms with Crippen LogP contribution in [0, 0.1) is 0 Å². The van der Waals surface area contributed by atoms with Gasteiger partial charge in [0.05, 0.1) is 0 Å². The van der Waals surface area contributed by atoms with Crippen molar-refractivity contribution in [2.45, 2.75) is 50.1 Å². The number of hydrogen-bond donors (Lipinski definition) is 0. The van der Waals surface area contributed by atoms with Crippen LogP contribution in [-0.4, -0.2) is 23.8 Å². The number of carbonyl (C=O) groups excluding carboxylic acids is 1. The second-order valence-corrected chi connectivity index (χ2v) is 4.35. The number of ketones is 1. The molecule has 0 N–H and O–H groups in total. The summed E-state index contributed by atoms with van der Waals surface area (Å²) in [4.78, 5) is 11.4. The first kappa shape index (κ1) is 8.62. The first-order valence-electron chi connectivity index (χ1n) is 5.37. The van der Waals surface area contributed by atoms with Gasteiger partial charge in [-0.3, -0.25) is 4.79 Å². The summed E-state index contributed by atoms with van der Waals surface area (Å²) >= 11 is 0. The quantitative estimate of drug-likeness (QED) is 0.587. The van der Waals surface area contributed by atoms with Gasteiger partial charge in [-0.05, 0) is 25.0 Å². The van der Waals surface area contributed by atoms with E-state index < -0.39 is 5.79 Å². The maximum absolute atomic E-state index is 11.4. The molecule has 1 heterocycles. The lowest BCUT2D eigenvalue weighted by atomic mass is 9.94. The Morgan fingerprint density at radius 3 is 2.71 bits per heavy atom. The van der Waals surface area contributed by atoms with Crippen LogP contribution >= 0.6 is 0 Å². The molecule has 0 aromatic heterocycles. The SMILES string of the molecule is O=C1C=CC2OC3(CCCCC3)OC12. The topological polar surface area (TPSA) is 35.5 Å². The van der Waals surface area contributed by atoms with Crippen molar-refractivity contribution in [3.8, 4) is 0 Å². The predicted molar refractivity (Wildman–Crippen MR) is 49.7 cm³/mol. The molecule has 2 atom stereocenters. The highest BCUT2D eigenvalue weighted by Crippen LogP contribution is 2.42. The van der Waals surface area contributed by atoms with E-state index in [2.05, 4.69) is 0 Å². The van der Waals surface area contributed by atoms with Crippen molar-refractivity contribution in [3.05, 3.63) is 12.2 Å². The molecule has 1 saturated heterocycles. The largest absolute Gasteiger partial charge is 0.339 e. The lowest BCUT2D eigenvalue weighted by Crippen LogP contribution is -2.34. The molecule has 1 saturated carbocycles. The summed E-state index contributed by atoms with van der Waals surface area (Å²) in [6, 6.07) is 0. The van der Waals surface area contributed by atoms with Gasteiger partial charge < -0.3 is 9.47 Å². The molecule has 2 unspecified atom stereocenters. The summed E-state index contributed by atoms with van der Waals surface area (Å²) in [6.07, 6.45) is 8.40. The van der Waals surface area contributed by atoms with Gasteiger partial charge in [-0.1, -0.05) is 6.42 Å². The molecule has 1 spiro atoms. The van der Waals surface area contributed by atoms with Crippen molar-refractivity contribution in [2.75, 3.05) is 0 Å². The summed E-state index contributed by atoms with van der Waals surface area (Å²) < 4.78 is 11.6. The van der Waals surface area contributed by atoms with E-state index in [9.17, 15) is 4.79 Å². The molecule has 0 amide bonds. The Morgan fingerprint density at radius 2 is 2.00 bits per heavy atom. The highest BCUT2D eigenvalue weighted by atomic mass is 16.8. The average Bonchev–Trinajstić information content (AvgIpc) is 2.68. The van der Waals surface area contributed by atoms with Gasteiger partial charge in [0.15, 0.2) is 17.7 Å². The van der Waals surface area contributed by atoms with Crippen LogP contribution in [0.25, 0.3) is 0 Å². The maximum Gasteiger partial charge on any atom is 0.187 e. The lowest BCUT2D eigenvalue weighted by Gasteiger charge is -2.31. The Labute approximate surface area is 83.1 Å². The van der Waals surface area contributed by atoms with Crippen molar-refractivity contribution in [2.24, 2.45) is 0 Å². The number of fused-ring (bicyclic) bond motifs is 1. The minimum absolute atomic E-state index is 0.0671. The van der Waals surface area contributed by atoms with Crippen molar-refractivity contribution in [1.82, 2.24) is 0 Å². The van der Waals surface area contributed by atoms with E-state index >= 15 is 0 Å². The highest BCUT2D eigenvalue weighted by molar-refractivity contribution is 5.97. The van der Waals surface area contributed by atoms with E-state index in [-0.39, 0.29) is 18.0 Å². The molecule has 2 aliphatic carbocycles. The molecule has 1 aliphatic heterocycles. The van der Waals surface area contributed by atoms with Gasteiger partial charge in [-0.25, -0.2) is 0 Å². The van der Waals surface area contributed by atoms with Crippen LogP contribution in [0.15, 0.2) is 12.2 Å². The summed E-state index contributed by atoms with van der Waals surface area (Å²) in [6.45, 7) is 0. The third-order valence-corrected chi connectivity index (χ3v) is 3.34. The van der Waals surface area contributed by atoms with E-state index in [0.29, 0.717) is 0 Å². The minimum Gasteiger partial charge on any atom is -0.339 e. The third-order valence-electron chi connectivity index (χ3n) is 3.34. The molecule has 0 bridgehead atoms. The van der Waals surface area contributed by atoms with E-state index in [0.717, 1.165) is 25.7 Å². The molecule has 0 radical (unpaired) electrons. The van der Waals surface area contributed by atoms with Gasteiger partial charge in [0, 0.05) is 12.8 Å². The molecule has 3 heteroatoms. The van der Waals surface area contributed by atoms with Crippen LogP contribution in [0.5, 0.6) is 0 Å². The van der Waals surface area contributed by atoms with Crippen LogP contribution in [0.2, 0.25) is 0 Å². The second kappa shape index (κ2) is 2.91. The smallest absolute Gasteiger partial charge is 0.187 e. The molecular weight excluding hydrogens is 180 g/mol. The predicted octanol–water partition coefficient (Wildman–Crippen LogP) is 1.57. The zero-order valence-corrected chi connectivity index (χ0v) is 8.07. The van der Waals surface area contributed by atoms with Crippen LogP contribution in [0.4, 0.5) is 0 Å². The molecule has 0 aromatic rings. The summed E-state index contributed by atoms with van der Waals surface area (Å²) in [5, 5.41) is 0. The van der Waals surface area contributed by atoms with Crippen molar-refractivity contribution >= 4 is 5.78 Å². The zero-order valence-electron chi connectivity index (χ0n) is 8.07. The van der Waals surface area contributed by atoms with Gasteiger partial charge in [0.25, 0.3) is 0 Å². The second-order valence-electron chi connectivity index (χ2n) is 4.35. The minimum atomic E-state index is -0.423. The fraction of sp³-hybridized carbons (Fsp3) is 0.727. The van der Waals surface area contributed by atoms with Crippen LogP contribution in [0.1, 0.15) is 32.1 Å². The lowest BCUT2D eigenvalue weighted by molar-refractivity contribution is -0.192. The third kappa shape index (κ3) is 1.16. The molecule has 14 heavy (non-hydrogen) atoms. The Balaban J connectivity index is 1.80.